The Hall–Kier alpha value is -3.39. The number of carbonyl (C=O) groups excluding carboxylic acids is 1. The summed E-state index contributed by atoms with van der Waals surface area (Å²) in [7, 11) is 0. The van der Waals surface area contributed by atoms with Gasteiger partial charge in [0.2, 0.25) is 5.78 Å². The highest BCUT2D eigenvalue weighted by Gasteiger charge is 2.26. The van der Waals surface area contributed by atoms with Crippen LogP contribution in [0.15, 0.2) is 52.3 Å². The average Bonchev–Trinajstić information content (AvgIpc) is 3.25. The van der Waals surface area contributed by atoms with Crippen LogP contribution in [0.1, 0.15) is 26.5 Å². The number of thiophene rings is 1. The Balaban J connectivity index is 1.74. The van der Waals surface area contributed by atoms with E-state index in [1.807, 2.05) is 0 Å². The van der Waals surface area contributed by atoms with Gasteiger partial charge < -0.3 is 9.52 Å². The molecule has 29 heavy (non-hydrogen) atoms. The molecular formula is C21H11F3O4S. The van der Waals surface area contributed by atoms with Crippen molar-refractivity contribution in [2.45, 2.75) is 6.42 Å². The molecule has 0 fully saturated rings. The molecule has 4 rings (SSSR count). The number of hydrogen-bond acceptors (Lipinski definition) is 4. The zero-order valence-electron chi connectivity index (χ0n) is 14.5. The first-order chi connectivity index (χ1) is 13.8. The zero-order chi connectivity index (χ0) is 20.7. The third-order valence-electron chi connectivity index (χ3n) is 4.37. The zero-order valence-corrected chi connectivity index (χ0v) is 15.4. The minimum atomic E-state index is -1.45. The number of aromatic carboxylic acids is 1. The summed E-state index contributed by atoms with van der Waals surface area (Å²) in [6, 6.07) is 9.49. The lowest BCUT2D eigenvalue weighted by Crippen LogP contribution is -2.08. The fraction of sp³-hybridized carbons (Fsp3) is 0.0476. The Labute approximate surface area is 165 Å². The number of carbonyl (C=O) groups is 2. The highest BCUT2D eigenvalue weighted by molar-refractivity contribution is 7.14. The summed E-state index contributed by atoms with van der Waals surface area (Å²) < 4.78 is 47.0. The van der Waals surface area contributed by atoms with Gasteiger partial charge in [0.25, 0.3) is 0 Å². The number of carboxylic acid groups (broad SMARTS) is 1. The molecule has 0 aliphatic heterocycles. The van der Waals surface area contributed by atoms with Crippen LogP contribution < -0.4 is 0 Å². The van der Waals surface area contributed by atoms with Crippen LogP contribution in [0.4, 0.5) is 13.2 Å². The maximum atomic E-state index is 14.1. The van der Waals surface area contributed by atoms with Crippen molar-refractivity contribution < 1.29 is 32.3 Å². The summed E-state index contributed by atoms with van der Waals surface area (Å²) in [5, 5.41) is 11.7. The molecule has 0 saturated carbocycles. The van der Waals surface area contributed by atoms with Crippen LogP contribution in [0.2, 0.25) is 0 Å². The van der Waals surface area contributed by atoms with Gasteiger partial charge in [-0.2, -0.15) is 0 Å². The first-order valence-electron chi connectivity index (χ1n) is 8.35. The Morgan fingerprint density at radius 1 is 1.03 bits per heavy atom. The first-order valence-corrected chi connectivity index (χ1v) is 9.23. The Morgan fingerprint density at radius 3 is 2.38 bits per heavy atom. The molecule has 2 heterocycles. The average molecular weight is 416 g/mol. The third-order valence-corrected chi connectivity index (χ3v) is 5.41. The molecule has 4 aromatic rings. The summed E-state index contributed by atoms with van der Waals surface area (Å²) in [6.07, 6.45) is -0.331. The van der Waals surface area contributed by atoms with Gasteiger partial charge in [0.1, 0.15) is 23.0 Å². The molecule has 4 nitrogen and oxygen atoms in total. The Kier molecular flexibility index (Phi) is 4.71. The molecule has 0 aliphatic rings. The molecule has 0 unspecified atom stereocenters. The highest BCUT2D eigenvalue weighted by atomic mass is 32.1. The predicted octanol–water partition coefficient (Wildman–Crippen LogP) is 5.70. The second-order valence-corrected chi connectivity index (χ2v) is 7.14. The van der Waals surface area contributed by atoms with Gasteiger partial charge in [-0.1, -0.05) is 18.2 Å². The topological polar surface area (TPSA) is 67.5 Å². The molecule has 146 valence electrons. The van der Waals surface area contributed by atoms with Crippen LogP contribution >= 0.6 is 11.3 Å². The first kappa shape index (κ1) is 18.9. The van der Waals surface area contributed by atoms with Crippen LogP contribution in [0.25, 0.3) is 21.4 Å². The van der Waals surface area contributed by atoms with Gasteiger partial charge in [-0.25, -0.2) is 18.0 Å². The summed E-state index contributed by atoms with van der Waals surface area (Å²) in [5.41, 5.74) is -0.443. The van der Waals surface area contributed by atoms with E-state index in [9.17, 15) is 27.9 Å². The van der Waals surface area contributed by atoms with Crippen LogP contribution in [-0.2, 0) is 6.42 Å². The van der Waals surface area contributed by atoms with Crippen molar-refractivity contribution in [3.8, 4) is 10.4 Å². The van der Waals surface area contributed by atoms with Crippen LogP contribution in [0, 0.1) is 17.5 Å². The number of benzene rings is 2. The number of rotatable bonds is 5. The molecular weight excluding hydrogens is 405 g/mol. The van der Waals surface area contributed by atoms with Crippen molar-refractivity contribution in [1.29, 1.82) is 0 Å². The molecule has 0 aliphatic carbocycles. The van der Waals surface area contributed by atoms with Gasteiger partial charge in [-0.15, -0.1) is 11.3 Å². The van der Waals surface area contributed by atoms with Crippen molar-refractivity contribution in [2.24, 2.45) is 0 Å². The molecule has 8 heteroatoms. The number of furan rings is 1. The van der Waals surface area contributed by atoms with Gasteiger partial charge in [0.15, 0.2) is 5.76 Å². The molecule has 2 aromatic carbocycles. The molecule has 0 atom stereocenters. The van der Waals surface area contributed by atoms with Crippen molar-refractivity contribution in [3.05, 3.63) is 82.2 Å². The third kappa shape index (κ3) is 3.42. The van der Waals surface area contributed by atoms with E-state index < -0.39 is 40.3 Å². The molecule has 0 amide bonds. The van der Waals surface area contributed by atoms with Gasteiger partial charge in [0, 0.05) is 23.9 Å². The minimum Gasteiger partial charge on any atom is -0.478 e. The van der Waals surface area contributed by atoms with Crippen molar-refractivity contribution >= 4 is 34.1 Å². The maximum absolute atomic E-state index is 14.1. The number of carboxylic acids is 1. The van der Waals surface area contributed by atoms with E-state index in [-0.39, 0.29) is 22.6 Å². The molecule has 0 saturated heterocycles. The number of Topliss-reactive ketones (excluding diaryl/α,β-unsaturated/α-hetero) is 1. The van der Waals surface area contributed by atoms with E-state index in [1.165, 1.54) is 5.38 Å². The SMILES string of the molecule is O=C(Cc1csc(-c2c(F)cc(F)cc2F)c1C(=O)O)c1cc2ccccc2o1. The maximum Gasteiger partial charge on any atom is 0.337 e. The molecule has 0 bridgehead atoms. The largest absolute Gasteiger partial charge is 0.478 e. The smallest absolute Gasteiger partial charge is 0.337 e. The van der Waals surface area contributed by atoms with E-state index in [0.717, 1.165) is 16.7 Å². The lowest BCUT2D eigenvalue weighted by atomic mass is 10.0. The highest BCUT2D eigenvalue weighted by Crippen LogP contribution is 2.37. The number of hydrogen-bond donors (Lipinski definition) is 1. The van der Waals surface area contributed by atoms with Gasteiger partial charge in [-0.05, 0) is 23.1 Å². The Morgan fingerprint density at radius 2 is 1.72 bits per heavy atom. The van der Waals surface area contributed by atoms with E-state index in [1.54, 1.807) is 30.3 Å². The molecule has 0 spiro atoms. The molecule has 1 N–H and O–H groups in total. The number of para-hydroxylation sites is 1. The van der Waals surface area contributed by atoms with Gasteiger partial charge in [0.05, 0.1) is 16.0 Å². The van der Waals surface area contributed by atoms with E-state index in [0.29, 0.717) is 17.7 Å². The Bertz CT molecular complexity index is 1220. The van der Waals surface area contributed by atoms with E-state index >= 15 is 0 Å². The van der Waals surface area contributed by atoms with E-state index in [2.05, 4.69) is 0 Å². The van der Waals surface area contributed by atoms with Crippen molar-refractivity contribution in [2.75, 3.05) is 0 Å². The fourth-order valence-corrected chi connectivity index (χ4v) is 4.19. The second kappa shape index (κ2) is 7.21. The summed E-state index contributed by atoms with van der Waals surface area (Å²) in [5.74, 6) is -5.43. The van der Waals surface area contributed by atoms with Gasteiger partial charge >= 0.3 is 5.97 Å². The van der Waals surface area contributed by atoms with E-state index in [4.69, 9.17) is 4.42 Å². The summed E-state index contributed by atoms with van der Waals surface area (Å²) >= 11 is 0.768. The fourth-order valence-electron chi connectivity index (χ4n) is 3.08. The number of halogens is 3. The predicted molar refractivity (Wildman–Crippen MR) is 101 cm³/mol. The van der Waals surface area contributed by atoms with Crippen LogP contribution in [-0.4, -0.2) is 16.9 Å². The normalized spacial score (nSPS) is 11.1. The lowest BCUT2D eigenvalue weighted by molar-refractivity contribution is 0.0697. The number of ketones is 1. The van der Waals surface area contributed by atoms with Crippen molar-refractivity contribution in [1.82, 2.24) is 0 Å². The van der Waals surface area contributed by atoms with Crippen LogP contribution in [0.5, 0.6) is 0 Å². The summed E-state index contributed by atoms with van der Waals surface area (Å²) in [6.45, 7) is 0. The molecule has 0 radical (unpaired) electrons. The number of fused-ring (bicyclic) bond motifs is 1. The quantitative estimate of drug-likeness (QED) is 0.424. The molecule has 2 aromatic heterocycles. The minimum absolute atomic E-state index is 0.0504. The monoisotopic (exact) mass is 416 g/mol. The lowest BCUT2D eigenvalue weighted by Gasteiger charge is -2.06. The van der Waals surface area contributed by atoms with Gasteiger partial charge in [-0.3, -0.25) is 4.79 Å². The second-order valence-electron chi connectivity index (χ2n) is 6.26. The van der Waals surface area contributed by atoms with Crippen LogP contribution in [0.3, 0.4) is 0 Å². The van der Waals surface area contributed by atoms with Crippen molar-refractivity contribution in [3.63, 3.8) is 0 Å². The summed E-state index contributed by atoms with van der Waals surface area (Å²) in [4.78, 5) is 24.2. The standard InChI is InChI=1S/C21H11F3O4S/c22-12-7-13(23)19(14(24)8-12)20-18(21(26)27)11(9-29-20)5-15(25)17-6-10-3-1-2-4-16(10)28-17/h1-4,6-9H,5H2,(H,26,27).